The SMILES string of the molecule is Cc1ccc(-c2cc(NC(=O)C[C@@H]3CCS(=O)(=O)C3)n[nH]2)s1. The highest BCUT2D eigenvalue weighted by atomic mass is 32.2. The van der Waals surface area contributed by atoms with E-state index in [2.05, 4.69) is 15.5 Å². The number of carbonyl (C=O) groups is 1. The summed E-state index contributed by atoms with van der Waals surface area (Å²) in [5.41, 5.74) is 0.858. The molecule has 1 atom stereocenters. The number of hydrogen-bond donors (Lipinski definition) is 2. The average molecular weight is 339 g/mol. The van der Waals surface area contributed by atoms with Crippen molar-refractivity contribution in [2.45, 2.75) is 19.8 Å². The fraction of sp³-hybridized carbons (Fsp3) is 0.429. The van der Waals surface area contributed by atoms with Crippen molar-refractivity contribution in [1.82, 2.24) is 10.2 Å². The Balaban J connectivity index is 1.59. The van der Waals surface area contributed by atoms with Crippen LogP contribution in [0, 0.1) is 12.8 Å². The number of aryl methyl sites for hydroxylation is 1. The van der Waals surface area contributed by atoms with Gasteiger partial charge >= 0.3 is 0 Å². The summed E-state index contributed by atoms with van der Waals surface area (Å²) in [7, 11) is -2.94. The van der Waals surface area contributed by atoms with Crippen molar-refractivity contribution in [3.63, 3.8) is 0 Å². The normalized spacial score (nSPS) is 20.1. The minimum atomic E-state index is -2.94. The molecule has 1 saturated heterocycles. The molecule has 0 saturated carbocycles. The second-order valence-electron chi connectivity index (χ2n) is 5.60. The molecule has 1 aliphatic rings. The highest BCUT2D eigenvalue weighted by Gasteiger charge is 2.29. The fourth-order valence-corrected chi connectivity index (χ4v) is 5.28. The number of hydrogen-bond acceptors (Lipinski definition) is 5. The molecule has 6 nitrogen and oxygen atoms in total. The first-order valence-electron chi connectivity index (χ1n) is 7.04. The summed E-state index contributed by atoms with van der Waals surface area (Å²) in [6.45, 7) is 2.03. The molecule has 8 heteroatoms. The van der Waals surface area contributed by atoms with E-state index in [1.54, 1.807) is 17.4 Å². The lowest BCUT2D eigenvalue weighted by Crippen LogP contribution is -2.17. The van der Waals surface area contributed by atoms with Gasteiger partial charge in [-0.2, -0.15) is 5.10 Å². The van der Waals surface area contributed by atoms with Gasteiger partial charge in [-0.25, -0.2) is 8.42 Å². The van der Waals surface area contributed by atoms with Crippen molar-refractivity contribution >= 4 is 32.9 Å². The summed E-state index contributed by atoms with van der Waals surface area (Å²) in [4.78, 5) is 14.2. The number of thiophene rings is 1. The van der Waals surface area contributed by atoms with Crippen LogP contribution in [0.2, 0.25) is 0 Å². The first-order valence-corrected chi connectivity index (χ1v) is 9.67. The van der Waals surface area contributed by atoms with Gasteiger partial charge in [-0.15, -0.1) is 11.3 Å². The number of amides is 1. The third-order valence-electron chi connectivity index (χ3n) is 3.65. The molecule has 3 heterocycles. The fourth-order valence-electron chi connectivity index (χ4n) is 2.58. The van der Waals surface area contributed by atoms with Gasteiger partial charge < -0.3 is 5.32 Å². The summed E-state index contributed by atoms with van der Waals surface area (Å²) in [5, 5.41) is 9.70. The van der Waals surface area contributed by atoms with E-state index in [4.69, 9.17) is 0 Å². The zero-order chi connectivity index (χ0) is 15.7. The first-order chi connectivity index (χ1) is 10.4. The molecule has 0 spiro atoms. The van der Waals surface area contributed by atoms with E-state index in [1.807, 2.05) is 19.1 Å². The summed E-state index contributed by atoms with van der Waals surface area (Å²) in [6.07, 6.45) is 0.787. The molecule has 1 fully saturated rings. The molecular formula is C14H17N3O3S2. The highest BCUT2D eigenvalue weighted by Crippen LogP contribution is 2.27. The zero-order valence-electron chi connectivity index (χ0n) is 12.1. The lowest BCUT2D eigenvalue weighted by Gasteiger charge is -2.06. The van der Waals surface area contributed by atoms with Crippen LogP contribution in [0.3, 0.4) is 0 Å². The smallest absolute Gasteiger partial charge is 0.225 e. The molecule has 22 heavy (non-hydrogen) atoms. The number of rotatable bonds is 4. The standard InChI is InChI=1S/C14H17N3O3S2/c1-9-2-3-12(21-9)11-7-13(17-16-11)15-14(18)6-10-4-5-22(19,20)8-10/h2-3,7,10H,4-6,8H2,1H3,(H2,15,16,17,18)/t10-/m0/s1. The van der Waals surface area contributed by atoms with Gasteiger partial charge in [0.05, 0.1) is 22.1 Å². The van der Waals surface area contributed by atoms with E-state index in [1.165, 1.54) is 4.88 Å². The Labute approximate surface area is 132 Å². The van der Waals surface area contributed by atoms with Gasteiger partial charge in [0.2, 0.25) is 5.91 Å². The minimum absolute atomic E-state index is 0.0802. The zero-order valence-corrected chi connectivity index (χ0v) is 13.8. The van der Waals surface area contributed by atoms with Crippen LogP contribution < -0.4 is 5.32 Å². The Morgan fingerprint density at radius 2 is 2.32 bits per heavy atom. The van der Waals surface area contributed by atoms with Gasteiger partial charge in [0.25, 0.3) is 0 Å². The molecule has 0 bridgehead atoms. The second-order valence-corrected chi connectivity index (χ2v) is 9.12. The molecule has 2 N–H and O–H groups in total. The third kappa shape index (κ3) is 3.56. The number of anilines is 1. The molecule has 0 unspecified atom stereocenters. The number of carbonyl (C=O) groups excluding carboxylic acids is 1. The van der Waals surface area contributed by atoms with Gasteiger partial charge in [0.15, 0.2) is 15.7 Å². The molecule has 118 valence electrons. The molecule has 0 aromatic carbocycles. The molecule has 0 aliphatic carbocycles. The quantitative estimate of drug-likeness (QED) is 0.893. The lowest BCUT2D eigenvalue weighted by molar-refractivity contribution is -0.116. The van der Waals surface area contributed by atoms with Gasteiger partial charge in [-0.3, -0.25) is 9.89 Å². The van der Waals surface area contributed by atoms with Crippen LogP contribution >= 0.6 is 11.3 Å². The molecular weight excluding hydrogens is 322 g/mol. The largest absolute Gasteiger partial charge is 0.309 e. The van der Waals surface area contributed by atoms with Crippen molar-refractivity contribution in [3.05, 3.63) is 23.1 Å². The summed E-state index contributed by atoms with van der Waals surface area (Å²) in [5.74, 6) is 0.494. The monoisotopic (exact) mass is 339 g/mol. The van der Waals surface area contributed by atoms with Crippen molar-refractivity contribution in [1.29, 1.82) is 0 Å². The number of H-pyrrole nitrogens is 1. The summed E-state index contributed by atoms with van der Waals surface area (Å²) in [6, 6.07) is 5.82. The van der Waals surface area contributed by atoms with E-state index >= 15 is 0 Å². The van der Waals surface area contributed by atoms with Crippen LogP contribution in [0.4, 0.5) is 5.82 Å². The van der Waals surface area contributed by atoms with Crippen LogP contribution in [0.25, 0.3) is 10.6 Å². The van der Waals surface area contributed by atoms with E-state index in [-0.39, 0.29) is 29.8 Å². The number of nitrogens with zero attached hydrogens (tertiary/aromatic N) is 1. The number of sulfone groups is 1. The summed E-state index contributed by atoms with van der Waals surface area (Å²) < 4.78 is 22.8. The number of aromatic nitrogens is 2. The molecule has 1 amide bonds. The van der Waals surface area contributed by atoms with Gasteiger partial charge in [0, 0.05) is 17.4 Å². The predicted octanol–water partition coefficient (Wildman–Crippen LogP) is 2.21. The van der Waals surface area contributed by atoms with Gasteiger partial charge in [-0.05, 0) is 31.4 Å². The van der Waals surface area contributed by atoms with Crippen molar-refractivity contribution in [3.8, 4) is 10.6 Å². The van der Waals surface area contributed by atoms with Crippen molar-refractivity contribution < 1.29 is 13.2 Å². The third-order valence-corrected chi connectivity index (χ3v) is 6.52. The lowest BCUT2D eigenvalue weighted by atomic mass is 10.1. The van der Waals surface area contributed by atoms with E-state index in [0.29, 0.717) is 12.2 Å². The van der Waals surface area contributed by atoms with Crippen molar-refractivity contribution in [2.24, 2.45) is 5.92 Å². The second kappa shape index (κ2) is 5.85. The topological polar surface area (TPSA) is 91.9 Å². The number of nitrogens with one attached hydrogen (secondary N) is 2. The van der Waals surface area contributed by atoms with Crippen LogP contribution in [0.15, 0.2) is 18.2 Å². The molecule has 0 radical (unpaired) electrons. The average Bonchev–Trinajstić information content (AvgIpc) is 3.11. The number of aromatic amines is 1. The van der Waals surface area contributed by atoms with Crippen molar-refractivity contribution in [2.75, 3.05) is 16.8 Å². The Bertz CT molecular complexity index is 792. The predicted molar refractivity (Wildman–Crippen MR) is 86.6 cm³/mol. The van der Waals surface area contributed by atoms with Gasteiger partial charge in [0.1, 0.15) is 0 Å². The maximum atomic E-state index is 12.0. The van der Waals surface area contributed by atoms with E-state index in [0.717, 1.165) is 10.6 Å². The van der Waals surface area contributed by atoms with Crippen LogP contribution in [-0.4, -0.2) is 36.0 Å². The van der Waals surface area contributed by atoms with Gasteiger partial charge in [-0.1, -0.05) is 0 Å². The maximum absolute atomic E-state index is 12.0. The first kappa shape index (κ1) is 15.2. The van der Waals surface area contributed by atoms with E-state index < -0.39 is 9.84 Å². The Hall–Kier alpha value is -1.67. The minimum Gasteiger partial charge on any atom is -0.309 e. The summed E-state index contributed by atoms with van der Waals surface area (Å²) >= 11 is 1.65. The Kier molecular flexibility index (Phi) is 4.05. The Morgan fingerprint density at radius 1 is 1.50 bits per heavy atom. The van der Waals surface area contributed by atoms with Crippen LogP contribution in [0.1, 0.15) is 17.7 Å². The maximum Gasteiger partial charge on any atom is 0.225 e. The molecule has 3 rings (SSSR count). The molecule has 2 aromatic rings. The molecule has 2 aromatic heterocycles. The molecule has 1 aliphatic heterocycles. The highest BCUT2D eigenvalue weighted by molar-refractivity contribution is 7.91. The van der Waals surface area contributed by atoms with E-state index in [9.17, 15) is 13.2 Å². The Morgan fingerprint density at radius 3 is 2.95 bits per heavy atom. The van der Waals surface area contributed by atoms with Crippen LogP contribution in [0.5, 0.6) is 0 Å². The van der Waals surface area contributed by atoms with Crippen LogP contribution in [-0.2, 0) is 14.6 Å².